The highest BCUT2D eigenvalue weighted by atomic mass is 79.9. The van der Waals surface area contributed by atoms with Crippen LogP contribution in [0.4, 0.5) is 0 Å². The summed E-state index contributed by atoms with van der Waals surface area (Å²) in [4.78, 5) is 22.6. The highest BCUT2D eigenvalue weighted by Gasteiger charge is 2.21. The first kappa shape index (κ1) is 13.7. The van der Waals surface area contributed by atoms with Gasteiger partial charge in [-0.1, -0.05) is 46.3 Å². The lowest BCUT2D eigenvalue weighted by Gasteiger charge is -2.14. The van der Waals surface area contributed by atoms with Crippen LogP contribution in [0.2, 0.25) is 0 Å². The number of carbonyl (C=O) groups is 2. The van der Waals surface area contributed by atoms with Crippen LogP contribution < -0.4 is 5.32 Å². The Balaban J connectivity index is 2.68. The summed E-state index contributed by atoms with van der Waals surface area (Å²) in [6, 6.07) is 7.69. The van der Waals surface area contributed by atoms with Crippen LogP contribution >= 0.6 is 15.9 Å². The van der Waals surface area contributed by atoms with E-state index < -0.39 is 12.0 Å². The molecule has 1 aromatic carbocycles. The quantitative estimate of drug-likeness (QED) is 0.791. The maximum absolute atomic E-state index is 11.5. The molecule has 5 heteroatoms. The Kier molecular flexibility index (Phi) is 5.69. The number of hydrogen-bond donors (Lipinski definition) is 2. The van der Waals surface area contributed by atoms with Crippen molar-refractivity contribution in [1.82, 2.24) is 5.32 Å². The molecule has 0 spiro atoms. The summed E-state index contributed by atoms with van der Waals surface area (Å²) < 4.78 is 0. The van der Waals surface area contributed by atoms with Crippen molar-refractivity contribution < 1.29 is 14.7 Å². The Morgan fingerprint density at radius 1 is 1.29 bits per heavy atom. The number of nitrogens with one attached hydrogen (secondary N) is 1. The number of halogens is 1. The molecule has 0 unspecified atom stereocenters. The van der Waals surface area contributed by atoms with Crippen LogP contribution in [-0.2, 0) is 9.59 Å². The molecule has 0 bridgehead atoms. The molecular formula is C12H14BrNO3. The maximum Gasteiger partial charge on any atom is 0.330 e. The predicted octanol–water partition coefficient (Wildman–Crippen LogP) is 2.10. The second kappa shape index (κ2) is 7.06. The van der Waals surface area contributed by atoms with Gasteiger partial charge in [-0.25, -0.2) is 4.79 Å². The van der Waals surface area contributed by atoms with E-state index in [0.717, 1.165) is 5.33 Å². The van der Waals surface area contributed by atoms with E-state index in [0.29, 0.717) is 18.4 Å². The van der Waals surface area contributed by atoms with E-state index in [-0.39, 0.29) is 5.91 Å². The van der Waals surface area contributed by atoms with Gasteiger partial charge < -0.3 is 10.4 Å². The zero-order chi connectivity index (χ0) is 12.7. The van der Waals surface area contributed by atoms with Gasteiger partial charge in [-0.3, -0.25) is 4.79 Å². The number of benzene rings is 1. The van der Waals surface area contributed by atoms with Crippen LogP contribution in [0.15, 0.2) is 30.3 Å². The van der Waals surface area contributed by atoms with E-state index in [1.807, 2.05) is 0 Å². The number of aliphatic carboxylic acids is 1. The molecule has 0 aliphatic heterocycles. The van der Waals surface area contributed by atoms with Crippen LogP contribution in [-0.4, -0.2) is 22.3 Å². The Morgan fingerprint density at radius 3 is 2.47 bits per heavy atom. The topological polar surface area (TPSA) is 66.4 Å². The number of amides is 1. The van der Waals surface area contributed by atoms with E-state index >= 15 is 0 Å². The summed E-state index contributed by atoms with van der Waals surface area (Å²) in [5, 5.41) is 12.3. The van der Waals surface area contributed by atoms with Crippen molar-refractivity contribution in [2.24, 2.45) is 0 Å². The average Bonchev–Trinajstić information content (AvgIpc) is 2.34. The molecule has 0 saturated carbocycles. The SMILES string of the molecule is O=C(CCCBr)N[C@@H](C(=O)O)c1ccccc1. The molecule has 0 aliphatic rings. The van der Waals surface area contributed by atoms with Crippen molar-refractivity contribution in [3.8, 4) is 0 Å². The molecule has 0 fully saturated rings. The first-order chi connectivity index (χ1) is 8.15. The summed E-state index contributed by atoms with van der Waals surface area (Å²) in [7, 11) is 0. The van der Waals surface area contributed by atoms with Gasteiger partial charge in [0, 0.05) is 11.8 Å². The van der Waals surface area contributed by atoms with Crippen LogP contribution in [0.5, 0.6) is 0 Å². The van der Waals surface area contributed by atoms with Gasteiger partial charge >= 0.3 is 5.97 Å². The van der Waals surface area contributed by atoms with Crippen molar-refractivity contribution in [3.05, 3.63) is 35.9 Å². The zero-order valence-corrected chi connectivity index (χ0v) is 10.8. The van der Waals surface area contributed by atoms with E-state index in [2.05, 4.69) is 21.2 Å². The second-order valence-electron chi connectivity index (χ2n) is 3.54. The molecule has 0 heterocycles. The highest BCUT2D eigenvalue weighted by molar-refractivity contribution is 9.09. The average molecular weight is 300 g/mol. The molecule has 0 aromatic heterocycles. The lowest BCUT2D eigenvalue weighted by Crippen LogP contribution is -2.33. The van der Waals surface area contributed by atoms with Crippen molar-refractivity contribution in [2.45, 2.75) is 18.9 Å². The lowest BCUT2D eigenvalue weighted by molar-refractivity contribution is -0.142. The highest BCUT2D eigenvalue weighted by Crippen LogP contribution is 2.13. The minimum atomic E-state index is -1.05. The van der Waals surface area contributed by atoms with Crippen molar-refractivity contribution in [3.63, 3.8) is 0 Å². The second-order valence-corrected chi connectivity index (χ2v) is 4.33. The summed E-state index contributed by atoms with van der Waals surface area (Å²) in [5.74, 6) is -1.30. The number of carboxylic acids is 1. The monoisotopic (exact) mass is 299 g/mol. The van der Waals surface area contributed by atoms with Gasteiger partial charge in [0.05, 0.1) is 0 Å². The molecule has 1 rings (SSSR count). The Labute approximate surface area is 108 Å². The molecule has 4 nitrogen and oxygen atoms in total. The van der Waals surface area contributed by atoms with E-state index in [9.17, 15) is 9.59 Å². The third-order valence-corrected chi connectivity index (χ3v) is 2.78. The fourth-order valence-electron chi connectivity index (χ4n) is 1.39. The first-order valence-electron chi connectivity index (χ1n) is 5.28. The van der Waals surface area contributed by atoms with Crippen molar-refractivity contribution in [1.29, 1.82) is 0 Å². The number of carboxylic acid groups (broad SMARTS) is 1. The van der Waals surface area contributed by atoms with Gasteiger partial charge in [0.15, 0.2) is 6.04 Å². The molecule has 0 aliphatic carbocycles. The Morgan fingerprint density at radius 2 is 1.94 bits per heavy atom. The fraction of sp³-hybridized carbons (Fsp3) is 0.333. The van der Waals surface area contributed by atoms with E-state index in [4.69, 9.17) is 5.11 Å². The van der Waals surface area contributed by atoms with Gasteiger partial charge in [-0.15, -0.1) is 0 Å². The van der Waals surface area contributed by atoms with Gasteiger partial charge in [0.2, 0.25) is 5.91 Å². The minimum absolute atomic E-state index is 0.249. The molecule has 1 aromatic rings. The van der Waals surface area contributed by atoms with Crippen LogP contribution in [0.25, 0.3) is 0 Å². The summed E-state index contributed by atoms with van der Waals surface area (Å²) in [6.07, 6.45) is 1.01. The smallest absolute Gasteiger partial charge is 0.330 e. The number of alkyl halides is 1. The number of rotatable bonds is 6. The van der Waals surface area contributed by atoms with Gasteiger partial charge in [-0.05, 0) is 12.0 Å². The molecule has 1 amide bonds. The standard InChI is InChI=1S/C12H14BrNO3/c13-8-4-7-10(15)14-11(12(16)17)9-5-2-1-3-6-9/h1-3,5-6,11H,4,7-8H2,(H,14,15)(H,16,17)/t11-/m1/s1. The van der Waals surface area contributed by atoms with Crippen LogP contribution in [0.1, 0.15) is 24.4 Å². The molecule has 1 atom stereocenters. The Hall–Kier alpha value is -1.36. The van der Waals surface area contributed by atoms with Gasteiger partial charge in [-0.2, -0.15) is 0 Å². The molecule has 0 saturated heterocycles. The Bertz CT molecular complexity index is 381. The molecule has 17 heavy (non-hydrogen) atoms. The fourth-order valence-corrected chi connectivity index (χ4v) is 1.67. The zero-order valence-electron chi connectivity index (χ0n) is 9.23. The largest absolute Gasteiger partial charge is 0.479 e. The van der Waals surface area contributed by atoms with E-state index in [1.54, 1.807) is 30.3 Å². The molecule has 0 radical (unpaired) electrons. The third-order valence-electron chi connectivity index (χ3n) is 2.22. The molecule has 92 valence electrons. The van der Waals surface area contributed by atoms with Crippen molar-refractivity contribution in [2.75, 3.05) is 5.33 Å². The van der Waals surface area contributed by atoms with E-state index in [1.165, 1.54) is 0 Å². The summed E-state index contributed by atoms with van der Waals surface area (Å²) >= 11 is 3.22. The third kappa shape index (κ3) is 4.56. The van der Waals surface area contributed by atoms with Crippen LogP contribution in [0.3, 0.4) is 0 Å². The van der Waals surface area contributed by atoms with Gasteiger partial charge in [0.25, 0.3) is 0 Å². The van der Waals surface area contributed by atoms with Crippen LogP contribution in [0, 0.1) is 0 Å². The summed E-state index contributed by atoms with van der Waals surface area (Å²) in [5.41, 5.74) is 0.576. The number of carbonyl (C=O) groups excluding carboxylic acids is 1. The first-order valence-corrected chi connectivity index (χ1v) is 6.40. The van der Waals surface area contributed by atoms with Gasteiger partial charge in [0.1, 0.15) is 0 Å². The maximum atomic E-state index is 11.5. The minimum Gasteiger partial charge on any atom is -0.479 e. The molecule has 2 N–H and O–H groups in total. The normalized spacial score (nSPS) is 11.8. The number of hydrogen-bond acceptors (Lipinski definition) is 2. The lowest BCUT2D eigenvalue weighted by atomic mass is 10.1. The molecular weight excluding hydrogens is 286 g/mol. The predicted molar refractivity (Wildman–Crippen MR) is 68.0 cm³/mol. The van der Waals surface area contributed by atoms with Crippen molar-refractivity contribution >= 4 is 27.8 Å². The summed E-state index contributed by atoms with van der Waals surface area (Å²) in [6.45, 7) is 0.